The van der Waals surface area contributed by atoms with Gasteiger partial charge in [-0.05, 0) is 82.7 Å². The van der Waals surface area contributed by atoms with E-state index in [1.54, 1.807) is 0 Å². The highest BCUT2D eigenvalue weighted by atomic mass is 31.0. The fourth-order valence-corrected chi connectivity index (χ4v) is 3.80. The number of carbonyl (C=O) groups is 1. The number of nitrogens with zero attached hydrogens (tertiary/aromatic N) is 1. The minimum atomic E-state index is -0.0754. The van der Waals surface area contributed by atoms with E-state index >= 15 is 0 Å². The third-order valence-corrected chi connectivity index (χ3v) is 5.61. The van der Waals surface area contributed by atoms with Gasteiger partial charge in [-0.25, -0.2) is 0 Å². The van der Waals surface area contributed by atoms with Crippen LogP contribution in [0.15, 0.2) is 23.3 Å². The monoisotopic (exact) mass is 411 g/mol. The van der Waals surface area contributed by atoms with E-state index < -0.39 is 0 Å². The number of hydrogen-bond donors (Lipinski definition) is 2. The molecule has 1 amide bonds. The van der Waals surface area contributed by atoms with Crippen molar-refractivity contribution in [1.82, 2.24) is 10.2 Å². The van der Waals surface area contributed by atoms with Gasteiger partial charge in [-0.2, -0.15) is 0 Å². The van der Waals surface area contributed by atoms with Crippen LogP contribution >= 0.6 is 8.86 Å². The van der Waals surface area contributed by atoms with Crippen molar-refractivity contribution in [2.75, 3.05) is 38.0 Å². The Morgan fingerprint density at radius 3 is 2.59 bits per heavy atom. The van der Waals surface area contributed by atoms with Gasteiger partial charge in [-0.3, -0.25) is 9.69 Å². The highest BCUT2D eigenvalue weighted by Crippen LogP contribution is 2.22. The van der Waals surface area contributed by atoms with Crippen LogP contribution in [-0.2, 0) is 0 Å². The second-order valence-corrected chi connectivity index (χ2v) is 8.01. The summed E-state index contributed by atoms with van der Waals surface area (Å²) >= 11 is 0. The Morgan fingerprint density at radius 1 is 1.24 bits per heavy atom. The van der Waals surface area contributed by atoms with Gasteiger partial charge in [0, 0.05) is 29.9 Å². The van der Waals surface area contributed by atoms with Crippen molar-refractivity contribution in [1.29, 1.82) is 0 Å². The van der Waals surface area contributed by atoms with Crippen LogP contribution in [0.1, 0.15) is 61.5 Å². The van der Waals surface area contributed by atoms with Gasteiger partial charge >= 0.3 is 0 Å². The first-order chi connectivity index (χ1) is 14.0. The number of likely N-dealkylation sites (tertiary alicyclic amines) is 1. The third kappa shape index (κ3) is 7.03. The van der Waals surface area contributed by atoms with Crippen molar-refractivity contribution in [3.63, 3.8) is 0 Å². The minimum Gasteiger partial charge on any atom is -0.385 e. The molecule has 0 saturated carbocycles. The molecule has 1 aromatic rings. The third-order valence-electron chi connectivity index (χ3n) is 5.26. The second-order valence-electron chi connectivity index (χ2n) is 7.72. The lowest BCUT2D eigenvalue weighted by Gasteiger charge is -2.23. The van der Waals surface area contributed by atoms with Crippen LogP contribution in [0.4, 0.5) is 5.69 Å². The lowest BCUT2D eigenvalue weighted by Crippen LogP contribution is -2.29. The molecule has 1 fully saturated rings. The molecule has 1 aliphatic heterocycles. The molecule has 1 aromatic carbocycles. The Hall–Kier alpha value is -2.08. The number of anilines is 1. The topological polar surface area (TPSA) is 44.4 Å². The molecular formula is C24H34N3OP. The number of carbonyl (C=O) groups excluding carboxylic acids is 1. The molecule has 0 atom stereocenters. The molecule has 29 heavy (non-hydrogen) atoms. The van der Waals surface area contributed by atoms with Gasteiger partial charge in [-0.15, -0.1) is 8.86 Å². The zero-order valence-electron chi connectivity index (χ0n) is 18.2. The van der Waals surface area contributed by atoms with Gasteiger partial charge < -0.3 is 10.6 Å². The SMILES string of the molecule is CCNc1cc(C#CCN2CCCCC2)cc(C(=O)NCC(C=P)=C(C)C)c1C. The van der Waals surface area contributed by atoms with Crippen molar-refractivity contribution < 1.29 is 4.79 Å². The molecule has 0 unspecified atom stereocenters. The summed E-state index contributed by atoms with van der Waals surface area (Å²) in [5, 5.41) is 6.40. The van der Waals surface area contributed by atoms with E-state index in [-0.39, 0.29) is 5.91 Å². The smallest absolute Gasteiger partial charge is 0.251 e. The predicted molar refractivity (Wildman–Crippen MR) is 128 cm³/mol. The maximum Gasteiger partial charge on any atom is 0.251 e. The van der Waals surface area contributed by atoms with Gasteiger partial charge in [0.25, 0.3) is 5.91 Å². The van der Waals surface area contributed by atoms with Crippen LogP contribution in [0.2, 0.25) is 0 Å². The van der Waals surface area contributed by atoms with Gasteiger partial charge in [0.15, 0.2) is 0 Å². The molecular weight excluding hydrogens is 377 g/mol. The van der Waals surface area contributed by atoms with Gasteiger partial charge in [0.05, 0.1) is 6.54 Å². The molecule has 0 bridgehead atoms. The van der Waals surface area contributed by atoms with Crippen LogP contribution in [0, 0.1) is 18.8 Å². The molecule has 1 aliphatic rings. The molecule has 1 saturated heterocycles. The zero-order chi connectivity index (χ0) is 21.2. The fourth-order valence-electron chi connectivity index (χ4n) is 3.41. The average Bonchev–Trinajstić information content (AvgIpc) is 2.71. The first-order valence-corrected chi connectivity index (χ1v) is 11.1. The molecule has 0 aromatic heterocycles. The average molecular weight is 412 g/mol. The van der Waals surface area contributed by atoms with Crippen molar-refractivity contribution in [3.8, 4) is 11.8 Å². The van der Waals surface area contributed by atoms with Gasteiger partial charge in [-0.1, -0.05) is 23.8 Å². The van der Waals surface area contributed by atoms with E-state index in [1.165, 1.54) is 24.8 Å². The molecule has 0 aliphatic carbocycles. The van der Waals surface area contributed by atoms with Crippen molar-refractivity contribution >= 4 is 26.3 Å². The maximum atomic E-state index is 12.9. The Labute approximate surface area is 178 Å². The first kappa shape index (κ1) is 23.2. The normalized spacial score (nSPS) is 13.8. The van der Waals surface area contributed by atoms with Crippen molar-refractivity contribution in [2.45, 2.75) is 47.0 Å². The summed E-state index contributed by atoms with van der Waals surface area (Å²) < 4.78 is 0. The number of amides is 1. The lowest BCUT2D eigenvalue weighted by atomic mass is 10.0. The molecule has 5 heteroatoms. The number of hydrogen-bond acceptors (Lipinski definition) is 3. The standard InChI is InChI=1S/C24H34N3OP/c1-5-25-23-15-20(10-9-13-27-11-7-6-8-12-27)14-22(19(23)4)24(28)26-16-21(17-29)18(2)3/h14-15,17,25,29H,5-8,11-13,16H2,1-4H3,(H,26,28). The predicted octanol–water partition coefficient (Wildman–Crippen LogP) is 4.28. The Bertz CT molecular complexity index is 823. The van der Waals surface area contributed by atoms with E-state index in [9.17, 15) is 4.79 Å². The maximum absolute atomic E-state index is 12.9. The summed E-state index contributed by atoms with van der Waals surface area (Å²) in [7, 11) is 3.43. The Kier molecular flexibility index (Phi) is 9.45. The quantitative estimate of drug-likeness (QED) is 0.520. The van der Waals surface area contributed by atoms with E-state index in [4.69, 9.17) is 0 Å². The molecule has 2 rings (SSSR count). The van der Waals surface area contributed by atoms with E-state index in [0.717, 1.165) is 48.6 Å². The summed E-state index contributed by atoms with van der Waals surface area (Å²) in [6, 6.07) is 3.96. The van der Waals surface area contributed by atoms with Gasteiger partial charge in [0.2, 0.25) is 0 Å². The number of nitrogens with one attached hydrogen (secondary N) is 2. The lowest BCUT2D eigenvalue weighted by molar-refractivity contribution is 0.0957. The van der Waals surface area contributed by atoms with E-state index in [0.29, 0.717) is 12.1 Å². The number of benzene rings is 1. The fraction of sp³-hybridized carbons (Fsp3) is 0.500. The zero-order valence-corrected chi connectivity index (χ0v) is 19.2. The Balaban J connectivity index is 2.21. The summed E-state index contributed by atoms with van der Waals surface area (Å²) in [4.78, 5) is 15.3. The second kappa shape index (κ2) is 11.8. The summed E-state index contributed by atoms with van der Waals surface area (Å²) in [6.45, 7) is 12.5. The minimum absolute atomic E-state index is 0.0754. The largest absolute Gasteiger partial charge is 0.385 e. The molecule has 4 nitrogen and oxygen atoms in total. The number of rotatable bonds is 7. The highest BCUT2D eigenvalue weighted by molar-refractivity contribution is 7.19. The van der Waals surface area contributed by atoms with Crippen LogP contribution in [0.3, 0.4) is 0 Å². The Morgan fingerprint density at radius 2 is 1.97 bits per heavy atom. The summed E-state index contributed by atoms with van der Waals surface area (Å²) in [5.74, 6) is 8.35. The van der Waals surface area contributed by atoms with Crippen molar-refractivity contribution in [3.05, 3.63) is 40.0 Å². The van der Waals surface area contributed by atoms with Gasteiger partial charge in [0.1, 0.15) is 0 Å². The van der Waals surface area contributed by atoms with Crippen LogP contribution in [0.5, 0.6) is 0 Å². The number of piperidine rings is 1. The van der Waals surface area contributed by atoms with Crippen LogP contribution < -0.4 is 10.6 Å². The summed E-state index contributed by atoms with van der Waals surface area (Å²) in [6.07, 6.45) is 3.86. The first-order valence-electron chi connectivity index (χ1n) is 10.5. The number of allylic oxidation sites excluding steroid dienone is 1. The van der Waals surface area contributed by atoms with E-state index in [2.05, 4.69) is 43.2 Å². The molecule has 0 radical (unpaired) electrons. The molecule has 2 N–H and O–H groups in total. The molecule has 1 heterocycles. The van der Waals surface area contributed by atoms with E-state index in [1.807, 2.05) is 38.7 Å². The van der Waals surface area contributed by atoms with Crippen molar-refractivity contribution in [2.24, 2.45) is 0 Å². The summed E-state index contributed by atoms with van der Waals surface area (Å²) in [5.41, 5.74) is 5.71. The highest BCUT2D eigenvalue weighted by Gasteiger charge is 2.14. The molecule has 0 spiro atoms. The van der Waals surface area contributed by atoms with Crippen LogP contribution in [0.25, 0.3) is 0 Å². The molecule has 156 valence electrons. The van der Waals surface area contributed by atoms with Crippen LogP contribution in [-0.4, -0.2) is 49.3 Å².